The van der Waals surface area contributed by atoms with Gasteiger partial charge in [0.25, 0.3) is 0 Å². The molecule has 0 saturated carbocycles. The fourth-order valence-corrected chi connectivity index (χ4v) is 2.57. The molecule has 0 aliphatic rings. The van der Waals surface area contributed by atoms with E-state index in [2.05, 4.69) is 33.0 Å². The van der Waals surface area contributed by atoms with Gasteiger partial charge in [0.05, 0.1) is 0 Å². The quantitative estimate of drug-likeness (QED) is 0.801. The van der Waals surface area contributed by atoms with Crippen molar-refractivity contribution in [1.82, 2.24) is 0 Å². The topological polar surface area (TPSA) is 49.3 Å². The molecule has 1 unspecified atom stereocenters. The van der Waals surface area contributed by atoms with Crippen LogP contribution >= 0.6 is 0 Å². The Labute approximate surface area is 122 Å². The first-order valence-electron chi connectivity index (χ1n) is 7.18. The molecule has 112 valence electrons. The molecule has 3 nitrogen and oxygen atoms in total. The molecule has 0 heterocycles. The Balaban J connectivity index is 2.65. The van der Waals surface area contributed by atoms with Crippen LogP contribution in [0.2, 0.25) is 0 Å². The summed E-state index contributed by atoms with van der Waals surface area (Å²) in [5.41, 5.74) is 2.68. The normalized spacial score (nSPS) is 13.1. The second kappa shape index (κ2) is 6.29. The third-order valence-corrected chi connectivity index (χ3v) is 3.31. The monoisotopic (exact) mass is 277 g/mol. The predicted molar refractivity (Wildman–Crippen MR) is 84.1 cm³/mol. The highest BCUT2D eigenvalue weighted by Gasteiger charge is 2.18. The molecule has 0 aromatic heterocycles. The van der Waals surface area contributed by atoms with Crippen LogP contribution in [0.5, 0.6) is 5.75 Å². The molecule has 0 aliphatic carbocycles. The molecule has 1 rings (SSSR count). The van der Waals surface area contributed by atoms with Crippen molar-refractivity contribution in [2.24, 2.45) is 11.3 Å². The first kappa shape index (κ1) is 16.5. The van der Waals surface area contributed by atoms with Gasteiger partial charge in [-0.25, -0.2) is 0 Å². The average Bonchev–Trinajstić information content (AvgIpc) is 2.22. The van der Waals surface area contributed by atoms with E-state index in [0.29, 0.717) is 12.3 Å². The largest absolute Gasteiger partial charge is 0.508 e. The zero-order valence-electron chi connectivity index (χ0n) is 13.5. The van der Waals surface area contributed by atoms with Crippen molar-refractivity contribution >= 4 is 11.6 Å². The Hall–Kier alpha value is -1.51. The van der Waals surface area contributed by atoms with Crippen molar-refractivity contribution in [3.63, 3.8) is 0 Å². The molecule has 0 spiro atoms. The maximum atomic E-state index is 12.1. The summed E-state index contributed by atoms with van der Waals surface area (Å²) in [6.07, 6.45) is 1.55. The fourth-order valence-electron chi connectivity index (χ4n) is 2.57. The van der Waals surface area contributed by atoms with Crippen LogP contribution in [0, 0.1) is 25.2 Å². The van der Waals surface area contributed by atoms with E-state index in [1.807, 2.05) is 19.9 Å². The molecule has 1 aromatic rings. The lowest BCUT2D eigenvalue weighted by Crippen LogP contribution is -2.19. The summed E-state index contributed by atoms with van der Waals surface area (Å²) < 4.78 is 0. The number of hydrogen-bond donors (Lipinski definition) is 2. The third-order valence-electron chi connectivity index (χ3n) is 3.31. The standard InChI is InChI=1S/C17H27NO2/c1-11(10-17(4,5)6)7-16(20)18-14-8-13(3)15(19)9-12(14)2/h8-9,11,19H,7,10H2,1-6H3,(H,18,20). The van der Waals surface area contributed by atoms with Gasteiger partial charge >= 0.3 is 0 Å². The van der Waals surface area contributed by atoms with E-state index in [9.17, 15) is 9.90 Å². The summed E-state index contributed by atoms with van der Waals surface area (Å²) in [4.78, 5) is 12.1. The van der Waals surface area contributed by atoms with Crippen molar-refractivity contribution in [3.05, 3.63) is 23.3 Å². The van der Waals surface area contributed by atoms with E-state index < -0.39 is 0 Å². The zero-order chi connectivity index (χ0) is 15.5. The Bertz CT molecular complexity index is 486. The second-order valence-corrected chi connectivity index (χ2v) is 7.08. The molecule has 0 fully saturated rings. The van der Waals surface area contributed by atoms with Gasteiger partial charge in [0.1, 0.15) is 5.75 Å². The van der Waals surface area contributed by atoms with E-state index >= 15 is 0 Å². The summed E-state index contributed by atoms with van der Waals surface area (Å²) in [5, 5.41) is 12.6. The lowest BCUT2D eigenvalue weighted by atomic mass is 9.84. The van der Waals surface area contributed by atoms with E-state index in [0.717, 1.165) is 23.2 Å². The molecule has 1 amide bonds. The van der Waals surface area contributed by atoms with Gasteiger partial charge in [-0.3, -0.25) is 4.79 Å². The first-order chi connectivity index (χ1) is 9.08. The predicted octanol–water partition coefficient (Wildman–Crippen LogP) is 4.41. The number of rotatable bonds is 4. The van der Waals surface area contributed by atoms with Crippen LogP contribution in [0.25, 0.3) is 0 Å². The number of aromatic hydroxyl groups is 1. The van der Waals surface area contributed by atoms with Gasteiger partial charge in [-0.15, -0.1) is 0 Å². The molecule has 1 aromatic carbocycles. The third kappa shape index (κ3) is 5.24. The number of aryl methyl sites for hydroxylation is 2. The van der Waals surface area contributed by atoms with Crippen LogP contribution in [0.4, 0.5) is 5.69 Å². The maximum Gasteiger partial charge on any atom is 0.224 e. The van der Waals surface area contributed by atoms with Gasteiger partial charge in [0, 0.05) is 12.1 Å². The van der Waals surface area contributed by atoms with Crippen LogP contribution in [-0.4, -0.2) is 11.0 Å². The lowest BCUT2D eigenvalue weighted by Gasteiger charge is -2.23. The van der Waals surface area contributed by atoms with Gasteiger partial charge in [-0.1, -0.05) is 27.7 Å². The number of anilines is 1. The van der Waals surface area contributed by atoms with E-state index in [1.165, 1.54) is 0 Å². The van der Waals surface area contributed by atoms with Gasteiger partial charge in [0.15, 0.2) is 0 Å². The highest BCUT2D eigenvalue weighted by atomic mass is 16.3. The molecular weight excluding hydrogens is 250 g/mol. The Morgan fingerprint density at radius 1 is 1.25 bits per heavy atom. The van der Waals surface area contributed by atoms with Crippen LogP contribution in [0.3, 0.4) is 0 Å². The van der Waals surface area contributed by atoms with Gasteiger partial charge in [-0.05, 0) is 54.9 Å². The molecule has 0 bridgehead atoms. The molecule has 2 N–H and O–H groups in total. The van der Waals surface area contributed by atoms with Gasteiger partial charge in [-0.2, -0.15) is 0 Å². The van der Waals surface area contributed by atoms with E-state index in [1.54, 1.807) is 6.07 Å². The van der Waals surface area contributed by atoms with Crippen LogP contribution in [0.1, 0.15) is 51.7 Å². The number of nitrogens with one attached hydrogen (secondary N) is 1. The van der Waals surface area contributed by atoms with Crippen molar-refractivity contribution in [2.45, 2.75) is 54.4 Å². The summed E-state index contributed by atoms with van der Waals surface area (Å²) >= 11 is 0. The zero-order valence-corrected chi connectivity index (χ0v) is 13.5. The van der Waals surface area contributed by atoms with Crippen molar-refractivity contribution in [2.75, 3.05) is 5.32 Å². The first-order valence-corrected chi connectivity index (χ1v) is 7.18. The van der Waals surface area contributed by atoms with Gasteiger partial charge in [0.2, 0.25) is 5.91 Å². The van der Waals surface area contributed by atoms with E-state index in [4.69, 9.17) is 0 Å². The highest BCUT2D eigenvalue weighted by Crippen LogP contribution is 2.28. The summed E-state index contributed by atoms with van der Waals surface area (Å²) in [5.74, 6) is 0.657. The van der Waals surface area contributed by atoms with Crippen LogP contribution in [-0.2, 0) is 4.79 Å². The Morgan fingerprint density at radius 2 is 1.85 bits per heavy atom. The second-order valence-electron chi connectivity index (χ2n) is 7.08. The van der Waals surface area contributed by atoms with Gasteiger partial charge < -0.3 is 10.4 Å². The number of hydrogen-bond acceptors (Lipinski definition) is 2. The molecule has 1 atom stereocenters. The molecule has 0 saturated heterocycles. The molecule has 0 aliphatic heterocycles. The smallest absolute Gasteiger partial charge is 0.224 e. The summed E-state index contributed by atoms with van der Waals surface area (Å²) in [7, 11) is 0. The minimum atomic E-state index is 0.0370. The Morgan fingerprint density at radius 3 is 2.40 bits per heavy atom. The van der Waals surface area contributed by atoms with E-state index in [-0.39, 0.29) is 17.1 Å². The summed E-state index contributed by atoms with van der Waals surface area (Å²) in [6.45, 7) is 12.4. The molecule has 20 heavy (non-hydrogen) atoms. The maximum absolute atomic E-state index is 12.1. The lowest BCUT2D eigenvalue weighted by molar-refractivity contribution is -0.117. The van der Waals surface area contributed by atoms with Crippen LogP contribution < -0.4 is 5.32 Å². The minimum Gasteiger partial charge on any atom is -0.508 e. The molecule has 3 heteroatoms. The molecule has 0 radical (unpaired) electrons. The number of amides is 1. The number of carbonyl (C=O) groups is 1. The number of phenolic OH excluding ortho intramolecular Hbond substituents is 1. The van der Waals surface area contributed by atoms with Crippen molar-refractivity contribution in [1.29, 1.82) is 0 Å². The minimum absolute atomic E-state index is 0.0370. The summed E-state index contributed by atoms with van der Waals surface area (Å²) in [6, 6.07) is 3.50. The number of benzene rings is 1. The van der Waals surface area contributed by atoms with Crippen molar-refractivity contribution < 1.29 is 9.90 Å². The SMILES string of the molecule is Cc1cc(NC(=O)CC(C)CC(C)(C)C)c(C)cc1O. The molecular formula is C17H27NO2. The fraction of sp³-hybridized carbons (Fsp3) is 0.588. The van der Waals surface area contributed by atoms with Crippen LogP contribution in [0.15, 0.2) is 12.1 Å². The van der Waals surface area contributed by atoms with Crippen molar-refractivity contribution in [3.8, 4) is 5.75 Å². The average molecular weight is 277 g/mol. The number of phenols is 1. The number of carbonyl (C=O) groups excluding carboxylic acids is 1. The highest BCUT2D eigenvalue weighted by molar-refractivity contribution is 5.91. The Kier molecular flexibility index (Phi) is 5.21.